The van der Waals surface area contributed by atoms with E-state index in [4.69, 9.17) is 4.74 Å². The van der Waals surface area contributed by atoms with Crippen LogP contribution in [0.2, 0.25) is 0 Å². The van der Waals surface area contributed by atoms with E-state index >= 15 is 0 Å². The van der Waals surface area contributed by atoms with Crippen molar-refractivity contribution < 1.29 is 14.6 Å². The molecular weight excluding hydrogens is 276 g/mol. The van der Waals surface area contributed by atoms with Gasteiger partial charge in [0.25, 0.3) is 0 Å². The number of ether oxygens (including phenoxy) is 1. The molecule has 1 saturated carbocycles. The Morgan fingerprint density at radius 3 is 2.64 bits per heavy atom. The van der Waals surface area contributed by atoms with Crippen LogP contribution in [0.25, 0.3) is 0 Å². The first-order chi connectivity index (χ1) is 10.2. The first-order valence-electron chi connectivity index (χ1n) is 8.72. The third-order valence-electron chi connectivity index (χ3n) is 6.58. The van der Waals surface area contributed by atoms with Crippen LogP contribution in [0.15, 0.2) is 12.2 Å². The van der Waals surface area contributed by atoms with E-state index < -0.39 is 0 Å². The van der Waals surface area contributed by atoms with Gasteiger partial charge in [-0.05, 0) is 41.4 Å². The summed E-state index contributed by atoms with van der Waals surface area (Å²) in [5.41, 5.74) is -0.0424. The van der Waals surface area contributed by atoms with Crippen LogP contribution < -0.4 is 0 Å². The van der Waals surface area contributed by atoms with E-state index in [0.29, 0.717) is 12.3 Å². The minimum atomic E-state index is -0.316. The minimum absolute atomic E-state index is 0.0582. The summed E-state index contributed by atoms with van der Waals surface area (Å²) < 4.78 is 5.67. The topological polar surface area (TPSA) is 46.5 Å². The number of aliphatic hydroxyl groups excluding tert-OH is 1. The molecule has 2 fully saturated rings. The number of fused-ring (bicyclic) bond motifs is 3. The zero-order valence-electron chi connectivity index (χ0n) is 14.5. The summed E-state index contributed by atoms with van der Waals surface area (Å²) in [6, 6.07) is 0. The number of hydrogen-bond donors (Lipinski definition) is 1. The summed E-state index contributed by atoms with van der Waals surface area (Å²) >= 11 is 0. The Morgan fingerprint density at radius 2 is 2.00 bits per heavy atom. The molecule has 1 N–H and O–H groups in total. The standard InChI is InChI=1S/C19H30O3/c1-11(2)16-12-9-14(20)17-18(3,4)7-6-8-19(17,5)13(12)10-15(21)22-16/h6,8,11-14,16-17,20H,7,9-10H2,1-5H3/t12-,13+,14-,16-,17+,19-/m1/s1. The number of carbonyl (C=O) groups excluding carboxylic acids is 1. The smallest absolute Gasteiger partial charge is 0.306 e. The molecule has 22 heavy (non-hydrogen) atoms. The molecule has 6 atom stereocenters. The lowest BCUT2D eigenvalue weighted by atomic mass is 9.46. The summed E-state index contributed by atoms with van der Waals surface area (Å²) in [4.78, 5) is 12.2. The normalized spacial score (nSPS) is 46.9. The van der Waals surface area contributed by atoms with Gasteiger partial charge >= 0.3 is 5.97 Å². The van der Waals surface area contributed by atoms with Gasteiger partial charge in [0, 0.05) is 12.3 Å². The largest absolute Gasteiger partial charge is 0.462 e. The highest BCUT2D eigenvalue weighted by molar-refractivity contribution is 5.71. The third kappa shape index (κ3) is 2.24. The second-order valence-electron chi connectivity index (χ2n) is 8.91. The van der Waals surface area contributed by atoms with Crippen LogP contribution in [0.5, 0.6) is 0 Å². The van der Waals surface area contributed by atoms with Crippen LogP contribution in [0.1, 0.15) is 53.9 Å². The van der Waals surface area contributed by atoms with Gasteiger partial charge in [0.15, 0.2) is 0 Å². The molecular formula is C19H30O3. The van der Waals surface area contributed by atoms with Gasteiger partial charge in [-0.25, -0.2) is 0 Å². The molecule has 2 aliphatic carbocycles. The molecule has 0 radical (unpaired) electrons. The second-order valence-corrected chi connectivity index (χ2v) is 8.91. The highest BCUT2D eigenvalue weighted by atomic mass is 16.5. The summed E-state index contributed by atoms with van der Waals surface area (Å²) in [5.74, 6) is 1.00. The summed E-state index contributed by atoms with van der Waals surface area (Å²) in [6.45, 7) is 11.0. The molecule has 1 heterocycles. The number of allylic oxidation sites excluding steroid dienone is 2. The lowest BCUT2D eigenvalue weighted by Gasteiger charge is -2.60. The fraction of sp³-hybridized carbons (Fsp3) is 0.842. The van der Waals surface area contributed by atoms with E-state index in [9.17, 15) is 9.90 Å². The van der Waals surface area contributed by atoms with Gasteiger partial charge in [-0.1, -0.05) is 46.8 Å². The molecule has 0 bridgehead atoms. The number of carbonyl (C=O) groups is 1. The van der Waals surface area contributed by atoms with E-state index in [0.717, 1.165) is 12.8 Å². The Kier molecular flexibility index (Phi) is 3.71. The van der Waals surface area contributed by atoms with Crippen molar-refractivity contribution in [2.45, 2.75) is 66.1 Å². The number of esters is 1. The molecule has 3 nitrogen and oxygen atoms in total. The SMILES string of the molecule is CC(C)[C@H]1OC(=O)C[C@H]2[C@H]1C[C@@H](O)[C@H]1C(C)(C)CC=C[C@]21C. The third-order valence-corrected chi connectivity index (χ3v) is 6.58. The van der Waals surface area contributed by atoms with Crippen molar-refractivity contribution in [3.8, 4) is 0 Å². The van der Waals surface area contributed by atoms with Gasteiger partial charge in [-0.15, -0.1) is 0 Å². The van der Waals surface area contributed by atoms with E-state index in [1.807, 2.05) is 0 Å². The maximum atomic E-state index is 12.2. The predicted octanol–water partition coefficient (Wildman–Crippen LogP) is 3.56. The van der Waals surface area contributed by atoms with Crippen LogP contribution >= 0.6 is 0 Å². The molecule has 1 aliphatic heterocycles. The lowest BCUT2D eigenvalue weighted by molar-refractivity contribution is -0.198. The van der Waals surface area contributed by atoms with Crippen molar-refractivity contribution in [1.82, 2.24) is 0 Å². The summed E-state index contributed by atoms with van der Waals surface area (Å²) in [6.07, 6.45) is 6.43. The Hall–Kier alpha value is -0.830. The first-order valence-corrected chi connectivity index (χ1v) is 8.72. The number of hydrogen-bond acceptors (Lipinski definition) is 3. The molecule has 0 spiro atoms. The Morgan fingerprint density at radius 1 is 1.32 bits per heavy atom. The van der Waals surface area contributed by atoms with Crippen molar-refractivity contribution in [2.75, 3.05) is 0 Å². The zero-order valence-corrected chi connectivity index (χ0v) is 14.5. The summed E-state index contributed by atoms with van der Waals surface area (Å²) in [7, 11) is 0. The number of rotatable bonds is 1. The van der Waals surface area contributed by atoms with Crippen molar-refractivity contribution in [3.05, 3.63) is 12.2 Å². The maximum absolute atomic E-state index is 12.2. The number of cyclic esters (lactones) is 1. The van der Waals surface area contributed by atoms with Crippen molar-refractivity contribution in [1.29, 1.82) is 0 Å². The molecule has 3 heteroatoms. The molecule has 3 rings (SSSR count). The van der Waals surface area contributed by atoms with Crippen molar-refractivity contribution in [2.24, 2.45) is 34.5 Å². The fourth-order valence-corrected chi connectivity index (χ4v) is 5.85. The zero-order chi connectivity index (χ0) is 16.3. The van der Waals surface area contributed by atoms with Crippen LogP contribution in [-0.4, -0.2) is 23.3 Å². The predicted molar refractivity (Wildman–Crippen MR) is 86.1 cm³/mol. The Balaban J connectivity index is 2.04. The van der Waals surface area contributed by atoms with Gasteiger partial charge in [0.2, 0.25) is 0 Å². The van der Waals surface area contributed by atoms with Crippen molar-refractivity contribution in [3.63, 3.8) is 0 Å². The van der Waals surface area contributed by atoms with Gasteiger partial charge in [0.1, 0.15) is 6.10 Å². The highest BCUT2D eigenvalue weighted by Crippen LogP contribution is 2.61. The Labute approximate surface area is 134 Å². The van der Waals surface area contributed by atoms with Gasteiger partial charge in [0.05, 0.1) is 6.10 Å². The second kappa shape index (κ2) is 5.09. The molecule has 0 unspecified atom stereocenters. The molecule has 0 amide bonds. The average molecular weight is 306 g/mol. The quantitative estimate of drug-likeness (QED) is 0.595. The van der Waals surface area contributed by atoms with Crippen LogP contribution in [0.4, 0.5) is 0 Å². The van der Waals surface area contributed by atoms with E-state index in [1.165, 1.54) is 0 Å². The number of aliphatic hydroxyl groups is 1. The average Bonchev–Trinajstić information content (AvgIpc) is 2.37. The van der Waals surface area contributed by atoms with Crippen LogP contribution in [-0.2, 0) is 9.53 Å². The van der Waals surface area contributed by atoms with Crippen LogP contribution in [0.3, 0.4) is 0 Å². The van der Waals surface area contributed by atoms with E-state index in [2.05, 4.69) is 46.8 Å². The molecule has 3 aliphatic rings. The molecule has 0 aromatic carbocycles. The first kappa shape index (κ1) is 16.0. The van der Waals surface area contributed by atoms with E-state index in [-0.39, 0.29) is 46.8 Å². The van der Waals surface area contributed by atoms with Crippen molar-refractivity contribution >= 4 is 5.97 Å². The van der Waals surface area contributed by atoms with Gasteiger partial charge in [-0.3, -0.25) is 4.79 Å². The maximum Gasteiger partial charge on any atom is 0.306 e. The Bertz CT molecular complexity index is 493. The van der Waals surface area contributed by atoms with Crippen LogP contribution in [0, 0.1) is 34.5 Å². The van der Waals surface area contributed by atoms with Gasteiger partial charge in [-0.2, -0.15) is 0 Å². The molecule has 0 aromatic rings. The molecule has 1 saturated heterocycles. The monoisotopic (exact) mass is 306 g/mol. The molecule has 0 aromatic heterocycles. The minimum Gasteiger partial charge on any atom is -0.462 e. The fourth-order valence-electron chi connectivity index (χ4n) is 5.85. The lowest BCUT2D eigenvalue weighted by Crippen LogP contribution is -2.60. The summed E-state index contributed by atoms with van der Waals surface area (Å²) in [5, 5.41) is 10.9. The van der Waals surface area contributed by atoms with E-state index in [1.54, 1.807) is 0 Å². The van der Waals surface area contributed by atoms with Gasteiger partial charge < -0.3 is 9.84 Å². The molecule has 124 valence electrons. The highest BCUT2D eigenvalue weighted by Gasteiger charge is 2.60.